The highest BCUT2D eigenvalue weighted by atomic mass is 19.1. The van der Waals surface area contributed by atoms with Crippen LogP contribution in [0, 0.1) is 5.82 Å². The molecule has 0 fully saturated rings. The van der Waals surface area contributed by atoms with Gasteiger partial charge in [0.05, 0.1) is 0 Å². The molecule has 0 unspecified atom stereocenters. The van der Waals surface area contributed by atoms with Crippen LogP contribution in [0.1, 0.15) is 29.3 Å². The number of rotatable bonds is 6. The topological polar surface area (TPSA) is 40.5 Å². The largest absolute Gasteiger partial charge is 0.505 e. The van der Waals surface area contributed by atoms with E-state index in [0.29, 0.717) is 13.1 Å². The monoisotopic (exact) mass is 313 g/mol. The van der Waals surface area contributed by atoms with E-state index in [0.717, 1.165) is 18.1 Å². The van der Waals surface area contributed by atoms with Crippen molar-refractivity contribution in [1.29, 1.82) is 0 Å². The first-order chi connectivity index (χ1) is 11.1. The van der Waals surface area contributed by atoms with Crippen molar-refractivity contribution >= 4 is 12.0 Å². The van der Waals surface area contributed by atoms with Crippen LogP contribution in [0.25, 0.3) is 6.08 Å². The molecule has 0 bridgehead atoms. The lowest BCUT2D eigenvalue weighted by Crippen LogP contribution is -2.31. The Morgan fingerprint density at radius 2 is 1.96 bits per heavy atom. The Morgan fingerprint density at radius 1 is 1.22 bits per heavy atom. The molecule has 1 amide bonds. The van der Waals surface area contributed by atoms with Crippen molar-refractivity contribution in [3.8, 4) is 5.75 Å². The normalized spacial score (nSPS) is 10.9. The van der Waals surface area contributed by atoms with Gasteiger partial charge >= 0.3 is 0 Å². The van der Waals surface area contributed by atoms with Gasteiger partial charge < -0.3 is 10.0 Å². The Kier molecular flexibility index (Phi) is 5.92. The van der Waals surface area contributed by atoms with E-state index in [2.05, 4.69) is 0 Å². The van der Waals surface area contributed by atoms with Gasteiger partial charge in [0.2, 0.25) is 0 Å². The predicted octanol–water partition coefficient (Wildman–Crippen LogP) is 4.10. The van der Waals surface area contributed by atoms with Gasteiger partial charge in [-0.2, -0.15) is 0 Å². The summed E-state index contributed by atoms with van der Waals surface area (Å²) in [7, 11) is 0. The molecule has 0 aromatic heterocycles. The Labute approximate surface area is 135 Å². The average Bonchev–Trinajstić information content (AvgIpc) is 2.57. The van der Waals surface area contributed by atoms with Gasteiger partial charge in [-0.25, -0.2) is 4.39 Å². The third-order valence-corrected chi connectivity index (χ3v) is 3.41. The Balaban J connectivity index is 2.09. The first-order valence-electron chi connectivity index (χ1n) is 7.61. The maximum absolute atomic E-state index is 13.1. The van der Waals surface area contributed by atoms with Gasteiger partial charge in [-0.15, -0.1) is 0 Å². The number of hydrogen-bond donors (Lipinski definition) is 1. The van der Waals surface area contributed by atoms with E-state index in [4.69, 9.17) is 0 Å². The molecule has 0 saturated heterocycles. The molecule has 23 heavy (non-hydrogen) atoms. The molecule has 4 heteroatoms. The molecule has 1 N–H and O–H groups in total. The Morgan fingerprint density at radius 3 is 2.61 bits per heavy atom. The number of phenolic OH excluding ortho intramolecular Hbond substituents is 1. The molecule has 2 aromatic carbocycles. The number of phenols is 1. The van der Waals surface area contributed by atoms with Gasteiger partial charge in [-0.05, 0) is 30.2 Å². The zero-order valence-electron chi connectivity index (χ0n) is 13.1. The van der Waals surface area contributed by atoms with Crippen LogP contribution in [-0.4, -0.2) is 29.0 Å². The quantitative estimate of drug-likeness (QED) is 0.872. The molecule has 0 radical (unpaired) electrons. The molecule has 0 atom stereocenters. The summed E-state index contributed by atoms with van der Waals surface area (Å²) in [6, 6.07) is 13.5. The van der Waals surface area contributed by atoms with Crippen molar-refractivity contribution in [1.82, 2.24) is 4.90 Å². The lowest BCUT2D eigenvalue weighted by Gasteiger charge is -2.20. The number of benzene rings is 2. The molecule has 0 heterocycles. The van der Waals surface area contributed by atoms with Crippen molar-refractivity contribution in [2.24, 2.45) is 0 Å². The molecule has 0 aliphatic heterocycles. The molecule has 2 rings (SSSR count). The van der Waals surface area contributed by atoms with Crippen molar-refractivity contribution in [3.05, 3.63) is 71.6 Å². The van der Waals surface area contributed by atoms with E-state index >= 15 is 0 Å². The molecular formula is C19H20FNO2. The summed E-state index contributed by atoms with van der Waals surface area (Å²) in [5.41, 5.74) is 1.35. The van der Waals surface area contributed by atoms with Crippen molar-refractivity contribution < 1.29 is 14.3 Å². The average molecular weight is 313 g/mol. The highest BCUT2D eigenvalue weighted by molar-refractivity contribution is 5.94. The van der Waals surface area contributed by atoms with Crippen LogP contribution < -0.4 is 0 Å². The molecule has 120 valence electrons. The van der Waals surface area contributed by atoms with Crippen molar-refractivity contribution in [2.45, 2.75) is 13.3 Å². The molecule has 0 spiro atoms. The Bertz CT molecular complexity index is 683. The molecule has 2 aromatic rings. The van der Waals surface area contributed by atoms with E-state index in [1.54, 1.807) is 4.90 Å². The van der Waals surface area contributed by atoms with Gasteiger partial charge in [-0.3, -0.25) is 4.79 Å². The minimum atomic E-state index is -0.729. The second-order valence-corrected chi connectivity index (χ2v) is 5.23. The second-order valence-electron chi connectivity index (χ2n) is 5.23. The molecule has 3 nitrogen and oxygen atoms in total. The van der Waals surface area contributed by atoms with E-state index in [9.17, 15) is 14.3 Å². The fourth-order valence-electron chi connectivity index (χ4n) is 2.25. The first-order valence-corrected chi connectivity index (χ1v) is 7.61. The predicted molar refractivity (Wildman–Crippen MR) is 89.7 cm³/mol. The van der Waals surface area contributed by atoms with Crippen LogP contribution in [0.15, 0.2) is 54.6 Å². The van der Waals surface area contributed by atoms with Crippen LogP contribution in [0.2, 0.25) is 0 Å². The van der Waals surface area contributed by atoms with E-state index in [-0.39, 0.29) is 11.5 Å². The zero-order chi connectivity index (χ0) is 16.7. The number of carbonyl (C=O) groups is 1. The summed E-state index contributed by atoms with van der Waals surface area (Å²) in [5, 5.41) is 9.43. The lowest BCUT2D eigenvalue weighted by molar-refractivity contribution is 0.0773. The highest BCUT2D eigenvalue weighted by Crippen LogP contribution is 2.18. The third kappa shape index (κ3) is 4.68. The molecular weight excluding hydrogens is 293 g/mol. The van der Waals surface area contributed by atoms with Crippen LogP contribution in [0.5, 0.6) is 5.75 Å². The maximum atomic E-state index is 13.1. The summed E-state index contributed by atoms with van der Waals surface area (Å²) >= 11 is 0. The third-order valence-electron chi connectivity index (χ3n) is 3.41. The number of halogens is 1. The van der Waals surface area contributed by atoms with Gasteiger partial charge in [-0.1, -0.05) is 49.4 Å². The lowest BCUT2D eigenvalue weighted by atomic mass is 10.1. The SMILES string of the molecule is CCCN(CC=Cc1ccccc1)C(=O)c1ccc(F)c(O)c1. The van der Waals surface area contributed by atoms with Crippen LogP contribution in [0.4, 0.5) is 4.39 Å². The van der Waals surface area contributed by atoms with E-state index in [1.807, 2.05) is 49.4 Å². The number of nitrogens with zero attached hydrogens (tertiary/aromatic N) is 1. The first kappa shape index (κ1) is 16.7. The summed E-state index contributed by atoms with van der Waals surface area (Å²) in [5.74, 6) is -1.46. The minimum Gasteiger partial charge on any atom is -0.505 e. The summed E-state index contributed by atoms with van der Waals surface area (Å²) in [4.78, 5) is 14.2. The van der Waals surface area contributed by atoms with Gasteiger partial charge in [0.1, 0.15) is 0 Å². The van der Waals surface area contributed by atoms with Gasteiger partial charge in [0, 0.05) is 18.7 Å². The summed E-state index contributed by atoms with van der Waals surface area (Å²) in [6.45, 7) is 3.04. The second kappa shape index (κ2) is 8.13. The van der Waals surface area contributed by atoms with Gasteiger partial charge in [0.25, 0.3) is 5.91 Å². The smallest absolute Gasteiger partial charge is 0.254 e. The van der Waals surface area contributed by atoms with E-state index < -0.39 is 11.6 Å². The Hall–Kier alpha value is -2.62. The minimum absolute atomic E-state index is 0.222. The standard InChI is InChI=1S/C19H20FNO2/c1-2-12-21(13-6-9-15-7-4-3-5-8-15)19(23)16-10-11-17(20)18(22)14-16/h3-11,14,22H,2,12-13H2,1H3. The highest BCUT2D eigenvalue weighted by Gasteiger charge is 2.15. The number of hydrogen-bond acceptors (Lipinski definition) is 2. The fourth-order valence-corrected chi connectivity index (χ4v) is 2.25. The van der Waals surface area contributed by atoms with Gasteiger partial charge in [0.15, 0.2) is 11.6 Å². The number of amides is 1. The van der Waals surface area contributed by atoms with Crippen molar-refractivity contribution in [2.75, 3.05) is 13.1 Å². The van der Waals surface area contributed by atoms with Crippen LogP contribution >= 0.6 is 0 Å². The molecule has 0 saturated carbocycles. The van der Waals surface area contributed by atoms with Crippen LogP contribution in [0.3, 0.4) is 0 Å². The summed E-state index contributed by atoms with van der Waals surface area (Å²) < 4.78 is 13.1. The number of carbonyl (C=O) groups excluding carboxylic acids is 1. The zero-order valence-corrected chi connectivity index (χ0v) is 13.1. The molecule has 0 aliphatic rings. The fraction of sp³-hybridized carbons (Fsp3) is 0.211. The van der Waals surface area contributed by atoms with Crippen molar-refractivity contribution in [3.63, 3.8) is 0 Å². The maximum Gasteiger partial charge on any atom is 0.254 e. The number of aromatic hydroxyl groups is 1. The van der Waals surface area contributed by atoms with E-state index in [1.165, 1.54) is 12.1 Å². The summed E-state index contributed by atoms with van der Waals surface area (Å²) in [6.07, 6.45) is 4.70. The molecule has 0 aliphatic carbocycles. The van der Waals surface area contributed by atoms with Crippen LogP contribution in [-0.2, 0) is 0 Å².